The van der Waals surface area contributed by atoms with E-state index in [0.717, 1.165) is 41.8 Å². The van der Waals surface area contributed by atoms with E-state index in [2.05, 4.69) is 10.3 Å². The Morgan fingerprint density at radius 3 is 2.90 bits per heavy atom. The van der Waals surface area contributed by atoms with Crippen molar-refractivity contribution in [1.82, 2.24) is 19.1 Å². The number of nitrogens with one attached hydrogen (secondary N) is 1. The Labute approximate surface area is 172 Å². The van der Waals surface area contributed by atoms with Crippen LogP contribution in [0.3, 0.4) is 0 Å². The van der Waals surface area contributed by atoms with E-state index in [1.54, 1.807) is 15.3 Å². The van der Waals surface area contributed by atoms with Gasteiger partial charge in [0.05, 0.1) is 23.5 Å². The monoisotopic (exact) mass is 415 g/mol. The van der Waals surface area contributed by atoms with Gasteiger partial charge >= 0.3 is 5.69 Å². The number of benzene rings is 1. The number of hydrogen-bond acceptors (Lipinski definition) is 6. The topological polar surface area (TPSA) is 83.2 Å². The Morgan fingerprint density at radius 1 is 1.28 bits per heavy atom. The van der Waals surface area contributed by atoms with Gasteiger partial charge in [-0.2, -0.15) is 4.98 Å². The van der Waals surface area contributed by atoms with E-state index in [1.807, 2.05) is 19.1 Å². The molecule has 2 aliphatic heterocycles. The number of halogens is 1. The van der Waals surface area contributed by atoms with Crippen molar-refractivity contribution in [3.8, 4) is 5.75 Å². The van der Waals surface area contributed by atoms with Gasteiger partial charge in [0.15, 0.2) is 5.65 Å². The van der Waals surface area contributed by atoms with Crippen LogP contribution in [0.1, 0.15) is 31.4 Å². The maximum absolute atomic E-state index is 13.0. The van der Waals surface area contributed by atoms with Crippen LogP contribution >= 0.6 is 11.6 Å². The van der Waals surface area contributed by atoms with Crippen LogP contribution in [0, 0.1) is 0 Å². The highest BCUT2D eigenvalue weighted by Crippen LogP contribution is 2.35. The Bertz CT molecular complexity index is 1130. The highest BCUT2D eigenvalue weighted by molar-refractivity contribution is 6.33. The lowest BCUT2D eigenvalue weighted by molar-refractivity contribution is 0.0694. The van der Waals surface area contributed by atoms with Crippen LogP contribution in [0.4, 0.5) is 11.6 Å². The maximum Gasteiger partial charge on any atom is 0.330 e. The highest BCUT2D eigenvalue weighted by Gasteiger charge is 2.24. The van der Waals surface area contributed by atoms with E-state index in [0.29, 0.717) is 43.0 Å². The van der Waals surface area contributed by atoms with Gasteiger partial charge in [0.2, 0.25) is 5.95 Å². The molecule has 152 valence electrons. The molecule has 1 aromatic carbocycles. The summed E-state index contributed by atoms with van der Waals surface area (Å²) in [5.74, 6) is 1.23. The van der Waals surface area contributed by atoms with Crippen molar-refractivity contribution in [2.24, 2.45) is 0 Å². The number of hydrogen-bond donors (Lipinski definition) is 1. The molecule has 9 heteroatoms. The lowest BCUT2D eigenvalue weighted by atomic mass is 10.1. The molecular formula is C20H22ClN5O3. The summed E-state index contributed by atoms with van der Waals surface area (Å²) in [5, 5.41) is 3.76. The maximum atomic E-state index is 13.0. The summed E-state index contributed by atoms with van der Waals surface area (Å²) in [6.45, 7) is 4.49. The van der Waals surface area contributed by atoms with Crippen LogP contribution < -0.4 is 15.7 Å². The molecule has 3 aromatic rings. The molecule has 0 unspecified atom stereocenters. The van der Waals surface area contributed by atoms with Crippen LogP contribution in [0.15, 0.2) is 23.1 Å². The highest BCUT2D eigenvalue weighted by atomic mass is 35.5. The molecule has 5 rings (SSSR count). The Morgan fingerprint density at radius 2 is 2.10 bits per heavy atom. The third-order valence-electron chi connectivity index (χ3n) is 5.60. The van der Waals surface area contributed by atoms with Gasteiger partial charge in [0.1, 0.15) is 11.3 Å². The van der Waals surface area contributed by atoms with Crippen molar-refractivity contribution in [3.63, 3.8) is 0 Å². The predicted octanol–water partition coefficient (Wildman–Crippen LogP) is 3.30. The van der Waals surface area contributed by atoms with E-state index >= 15 is 0 Å². The molecule has 1 fully saturated rings. The first-order valence-corrected chi connectivity index (χ1v) is 10.3. The Balaban J connectivity index is 1.57. The van der Waals surface area contributed by atoms with E-state index in [9.17, 15) is 4.79 Å². The molecule has 0 amide bonds. The number of anilines is 2. The van der Waals surface area contributed by atoms with Crippen molar-refractivity contribution in [3.05, 3.63) is 39.4 Å². The number of aryl methyl sites for hydroxylation is 1. The summed E-state index contributed by atoms with van der Waals surface area (Å²) >= 11 is 6.41. The van der Waals surface area contributed by atoms with Gasteiger partial charge in [-0.25, -0.2) is 9.78 Å². The average Bonchev–Trinajstić information content (AvgIpc) is 3.29. The normalized spacial score (nSPS) is 16.8. The van der Waals surface area contributed by atoms with Crippen molar-refractivity contribution in [2.45, 2.75) is 38.8 Å². The lowest BCUT2D eigenvalue weighted by Gasteiger charge is -2.22. The average molecular weight is 416 g/mol. The molecule has 0 aliphatic carbocycles. The molecule has 0 saturated carbocycles. The van der Waals surface area contributed by atoms with E-state index in [1.165, 1.54) is 0 Å². The summed E-state index contributed by atoms with van der Waals surface area (Å²) in [5.41, 5.74) is 3.16. The molecule has 8 nitrogen and oxygen atoms in total. The molecule has 1 N–H and O–H groups in total. The number of rotatable bonds is 4. The van der Waals surface area contributed by atoms with Crippen LogP contribution in [-0.2, 0) is 17.7 Å². The first-order valence-electron chi connectivity index (χ1n) is 9.93. The van der Waals surface area contributed by atoms with Crippen LogP contribution in [0.25, 0.3) is 11.2 Å². The van der Waals surface area contributed by atoms with Crippen molar-refractivity contribution in [1.29, 1.82) is 0 Å². The quantitative estimate of drug-likeness (QED) is 0.704. The number of imidazole rings is 1. The largest absolute Gasteiger partial charge is 0.493 e. The zero-order chi connectivity index (χ0) is 20.0. The van der Waals surface area contributed by atoms with Crippen molar-refractivity contribution >= 4 is 34.4 Å². The number of fused-ring (bicyclic) bond motifs is 2. The number of nitrogens with zero attached hydrogens (tertiary/aromatic N) is 4. The first-order chi connectivity index (χ1) is 14.2. The molecule has 29 heavy (non-hydrogen) atoms. The Hall–Kier alpha value is -2.58. The Kier molecular flexibility index (Phi) is 4.67. The lowest BCUT2D eigenvalue weighted by Crippen LogP contribution is -2.30. The molecule has 1 saturated heterocycles. The molecule has 0 spiro atoms. The standard InChI is InChI=1S/C20H22ClN5O3/c1-2-25-16-11-22-19(23-15-9-12-3-8-29-17(12)10-14(15)21)24-18(16)26(20(25)27)13-4-6-28-7-5-13/h9-11,13H,2-8H2,1H3,(H,22,23,24). The minimum absolute atomic E-state index is 0.0476. The summed E-state index contributed by atoms with van der Waals surface area (Å²) in [4.78, 5) is 22.2. The third kappa shape index (κ3) is 3.16. The second kappa shape index (κ2) is 7.35. The molecular weight excluding hydrogens is 394 g/mol. The van der Waals surface area contributed by atoms with Gasteiger partial charge in [0.25, 0.3) is 0 Å². The fourth-order valence-electron chi connectivity index (χ4n) is 4.11. The van der Waals surface area contributed by atoms with Gasteiger partial charge < -0.3 is 14.8 Å². The van der Waals surface area contributed by atoms with E-state index < -0.39 is 0 Å². The second-order valence-electron chi connectivity index (χ2n) is 7.31. The fourth-order valence-corrected chi connectivity index (χ4v) is 4.31. The molecule has 0 radical (unpaired) electrons. The summed E-state index contributed by atoms with van der Waals surface area (Å²) in [6.07, 6.45) is 4.15. The third-order valence-corrected chi connectivity index (χ3v) is 5.92. The minimum Gasteiger partial charge on any atom is -0.493 e. The van der Waals surface area contributed by atoms with Gasteiger partial charge in [-0.1, -0.05) is 11.6 Å². The predicted molar refractivity (Wildman–Crippen MR) is 110 cm³/mol. The van der Waals surface area contributed by atoms with Crippen LogP contribution in [0.2, 0.25) is 5.02 Å². The molecule has 2 aliphatic rings. The van der Waals surface area contributed by atoms with Crippen molar-refractivity contribution < 1.29 is 9.47 Å². The van der Waals surface area contributed by atoms with Gasteiger partial charge in [0, 0.05) is 38.3 Å². The van der Waals surface area contributed by atoms with Crippen LogP contribution in [-0.4, -0.2) is 38.9 Å². The summed E-state index contributed by atoms with van der Waals surface area (Å²) in [6, 6.07) is 3.87. The van der Waals surface area contributed by atoms with E-state index in [-0.39, 0.29) is 11.7 Å². The van der Waals surface area contributed by atoms with Gasteiger partial charge in [-0.3, -0.25) is 9.13 Å². The second-order valence-corrected chi connectivity index (χ2v) is 7.71. The summed E-state index contributed by atoms with van der Waals surface area (Å²) in [7, 11) is 0. The molecule has 0 bridgehead atoms. The zero-order valence-corrected chi connectivity index (χ0v) is 16.9. The van der Waals surface area contributed by atoms with Gasteiger partial charge in [-0.05, 0) is 31.4 Å². The first kappa shape index (κ1) is 18.4. The molecule has 0 atom stereocenters. The zero-order valence-electron chi connectivity index (χ0n) is 16.2. The number of ether oxygens (including phenoxy) is 2. The van der Waals surface area contributed by atoms with Gasteiger partial charge in [-0.15, -0.1) is 0 Å². The summed E-state index contributed by atoms with van der Waals surface area (Å²) < 4.78 is 14.5. The number of aromatic nitrogens is 4. The molecule has 2 aromatic heterocycles. The van der Waals surface area contributed by atoms with E-state index in [4.69, 9.17) is 26.1 Å². The fraction of sp³-hybridized carbons (Fsp3) is 0.450. The van der Waals surface area contributed by atoms with Crippen LogP contribution in [0.5, 0.6) is 5.75 Å². The smallest absolute Gasteiger partial charge is 0.330 e. The van der Waals surface area contributed by atoms with Crippen molar-refractivity contribution in [2.75, 3.05) is 25.1 Å². The molecule has 4 heterocycles. The minimum atomic E-state index is -0.0476. The SMILES string of the molecule is CCn1c(=O)n(C2CCOCC2)c2nc(Nc3cc4c(cc3Cl)OCC4)ncc21.